The molecule has 2 heterocycles. The fourth-order valence-corrected chi connectivity index (χ4v) is 3.03. The first-order chi connectivity index (χ1) is 11.2. The third-order valence-corrected chi connectivity index (χ3v) is 4.40. The monoisotopic (exact) mass is 314 g/mol. The van der Waals surface area contributed by atoms with Gasteiger partial charge in [0.25, 0.3) is 0 Å². The van der Waals surface area contributed by atoms with Crippen LogP contribution < -0.4 is 10.2 Å². The van der Waals surface area contributed by atoms with Crippen LogP contribution in [0.1, 0.15) is 24.7 Å². The van der Waals surface area contributed by atoms with Gasteiger partial charge in [0.1, 0.15) is 17.5 Å². The van der Waals surface area contributed by atoms with Gasteiger partial charge in [-0.15, -0.1) is 0 Å². The zero-order chi connectivity index (χ0) is 16.2. The van der Waals surface area contributed by atoms with Crippen molar-refractivity contribution in [3.05, 3.63) is 47.7 Å². The maximum Gasteiger partial charge on any atom is 0.132 e. The van der Waals surface area contributed by atoms with Crippen LogP contribution in [0.2, 0.25) is 0 Å². The lowest BCUT2D eigenvalue weighted by Gasteiger charge is -2.19. The van der Waals surface area contributed by atoms with Crippen molar-refractivity contribution in [2.24, 2.45) is 5.92 Å². The molecule has 1 N–H and O–H groups in total. The van der Waals surface area contributed by atoms with E-state index in [1.807, 2.05) is 25.3 Å². The minimum absolute atomic E-state index is 0.183. The van der Waals surface area contributed by atoms with Crippen LogP contribution in [0.5, 0.6) is 0 Å². The fourth-order valence-electron chi connectivity index (χ4n) is 3.03. The number of nitrogens with one attached hydrogen (secondary N) is 1. The van der Waals surface area contributed by atoms with E-state index < -0.39 is 0 Å². The number of benzene rings is 1. The summed E-state index contributed by atoms with van der Waals surface area (Å²) in [5, 5.41) is 3.49. The lowest BCUT2D eigenvalue weighted by molar-refractivity contribution is 0.619. The standard InChI is InChI=1S/C18H23FN4/c1-3-15-11-20-13(2)22-18(15)21-10-14-8-9-23(12-14)17-6-4-16(19)5-7-17/h4-7,11,14H,3,8-10,12H2,1-2H3,(H,20,21,22). The second-order valence-corrected chi connectivity index (χ2v) is 6.10. The molecule has 4 nitrogen and oxygen atoms in total. The first kappa shape index (κ1) is 15.7. The van der Waals surface area contributed by atoms with Crippen molar-refractivity contribution in [2.75, 3.05) is 29.9 Å². The highest BCUT2D eigenvalue weighted by atomic mass is 19.1. The molecule has 2 aromatic rings. The van der Waals surface area contributed by atoms with E-state index in [1.165, 1.54) is 12.1 Å². The Morgan fingerprint density at radius 2 is 2.09 bits per heavy atom. The van der Waals surface area contributed by atoms with Crippen molar-refractivity contribution in [2.45, 2.75) is 26.7 Å². The first-order valence-corrected chi connectivity index (χ1v) is 8.22. The minimum Gasteiger partial charge on any atom is -0.371 e. The van der Waals surface area contributed by atoms with E-state index in [9.17, 15) is 4.39 Å². The summed E-state index contributed by atoms with van der Waals surface area (Å²) in [5.41, 5.74) is 2.25. The molecule has 0 radical (unpaired) electrons. The van der Waals surface area contributed by atoms with E-state index in [2.05, 4.69) is 27.1 Å². The van der Waals surface area contributed by atoms with Crippen LogP contribution in [0.15, 0.2) is 30.5 Å². The zero-order valence-corrected chi connectivity index (χ0v) is 13.7. The second-order valence-electron chi connectivity index (χ2n) is 6.10. The molecule has 1 aromatic carbocycles. The molecule has 1 fully saturated rings. The van der Waals surface area contributed by atoms with E-state index >= 15 is 0 Å². The molecule has 1 saturated heterocycles. The van der Waals surface area contributed by atoms with Gasteiger partial charge in [-0.3, -0.25) is 0 Å². The summed E-state index contributed by atoms with van der Waals surface area (Å²) in [6.45, 7) is 6.94. The van der Waals surface area contributed by atoms with E-state index in [1.54, 1.807) is 0 Å². The molecule has 1 unspecified atom stereocenters. The van der Waals surface area contributed by atoms with Crippen molar-refractivity contribution < 1.29 is 4.39 Å². The second kappa shape index (κ2) is 6.94. The minimum atomic E-state index is -0.183. The van der Waals surface area contributed by atoms with E-state index in [0.717, 1.165) is 55.4 Å². The predicted molar refractivity (Wildman–Crippen MR) is 91.4 cm³/mol. The van der Waals surface area contributed by atoms with Crippen LogP contribution in [-0.4, -0.2) is 29.6 Å². The Labute approximate surface area is 136 Å². The number of hydrogen-bond donors (Lipinski definition) is 1. The summed E-state index contributed by atoms with van der Waals surface area (Å²) >= 11 is 0. The zero-order valence-electron chi connectivity index (χ0n) is 13.7. The maximum atomic E-state index is 13.0. The predicted octanol–water partition coefficient (Wildman–Crippen LogP) is 3.42. The van der Waals surface area contributed by atoms with E-state index in [-0.39, 0.29) is 5.82 Å². The molecule has 1 aliphatic heterocycles. The molecule has 3 rings (SSSR count). The molecule has 1 atom stereocenters. The molecular formula is C18H23FN4. The smallest absolute Gasteiger partial charge is 0.132 e. The van der Waals surface area contributed by atoms with Crippen LogP contribution in [0, 0.1) is 18.7 Å². The summed E-state index contributed by atoms with van der Waals surface area (Å²) in [6.07, 6.45) is 3.97. The molecule has 0 aliphatic carbocycles. The molecule has 1 aliphatic rings. The Balaban J connectivity index is 1.58. The van der Waals surface area contributed by atoms with Gasteiger partial charge in [-0.2, -0.15) is 0 Å². The summed E-state index contributed by atoms with van der Waals surface area (Å²) in [4.78, 5) is 11.1. The van der Waals surface area contributed by atoms with Crippen LogP contribution in [-0.2, 0) is 6.42 Å². The van der Waals surface area contributed by atoms with Crippen molar-refractivity contribution in [3.8, 4) is 0 Å². The van der Waals surface area contributed by atoms with Crippen LogP contribution in [0.25, 0.3) is 0 Å². The van der Waals surface area contributed by atoms with Gasteiger partial charge in [0.15, 0.2) is 0 Å². The lowest BCUT2D eigenvalue weighted by atomic mass is 10.1. The van der Waals surface area contributed by atoms with Gasteiger partial charge in [-0.05, 0) is 49.9 Å². The number of rotatable bonds is 5. The van der Waals surface area contributed by atoms with Crippen LogP contribution in [0.4, 0.5) is 15.9 Å². The normalized spacial score (nSPS) is 17.5. The Morgan fingerprint density at radius 1 is 1.30 bits per heavy atom. The largest absolute Gasteiger partial charge is 0.371 e. The number of aromatic nitrogens is 2. The molecule has 1 aromatic heterocycles. The summed E-state index contributed by atoms with van der Waals surface area (Å²) < 4.78 is 13.0. The topological polar surface area (TPSA) is 41.1 Å². The first-order valence-electron chi connectivity index (χ1n) is 8.22. The highest BCUT2D eigenvalue weighted by Gasteiger charge is 2.22. The van der Waals surface area contributed by atoms with Gasteiger partial charge in [-0.25, -0.2) is 14.4 Å². The molecule has 0 spiro atoms. The molecule has 0 saturated carbocycles. The van der Waals surface area contributed by atoms with Gasteiger partial charge in [-0.1, -0.05) is 6.92 Å². The summed E-state index contributed by atoms with van der Waals surface area (Å²) in [6, 6.07) is 6.76. The Kier molecular flexibility index (Phi) is 4.74. The highest BCUT2D eigenvalue weighted by Crippen LogP contribution is 2.24. The Hall–Kier alpha value is -2.17. The van der Waals surface area contributed by atoms with Crippen molar-refractivity contribution in [3.63, 3.8) is 0 Å². The summed E-state index contributed by atoms with van der Waals surface area (Å²) in [7, 11) is 0. The number of anilines is 2. The van der Waals surface area contributed by atoms with E-state index in [4.69, 9.17) is 0 Å². The van der Waals surface area contributed by atoms with E-state index in [0.29, 0.717) is 5.92 Å². The SMILES string of the molecule is CCc1cnc(C)nc1NCC1CCN(c2ccc(F)cc2)C1. The third-order valence-electron chi connectivity index (χ3n) is 4.40. The van der Waals surface area contributed by atoms with Gasteiger partial charge in [0, 0.05) is 37.1 Å². The van der Waals surface area contributed by atoms with Gasteiger partial charge in [0.05, 0.1) is 0 Å². The average Bonchev–Trinajstić information content (AvgIpc) is 3.03. The third kappa shape index (κ3) is 3.78. The van der Waals surface area contributed by atoms with Crippen molar-refractivity contribution in [1.82, 2.24) is 9.97 Å². The number of halogens is 1. The quantitative estimate of drug-likeness (QED) is 0.918. The molecule has 0 bridgehead atoms. The fraction of sp³-hybridized carbons (Fsp3) is 0.444. The summed E-state index contributed by atoms with van der Waals surface area (Å²) in [5.74, 6) is 2.14. The molecule has 5 heteroatoms. The van der Waals surface area contributed by atoms with Crippen molar-refractivity contribution in [1.29, 1.82) is 0 Å². The van der Waals surface area contributed by atoms with Gasteiger partial charge >= 0.3 is 0 Å². The average molecular weight is 314 g/mol. The number of aryl methyl sites for hydroxylation is 2. The van der Waals surface area contributed by atoms with Gasteiger partial charge < -0.3 is 10.2 Å². The number of nitrogens with zero attached hydrogens (tertiary/aromatic N) is 3. The molecule has 23 heavy (non-hydrogen) atoms. The Bertz CT molecular complexity index is 657. The molecule has 0 amide bonds. The van der Waals surface area contributed by atoms with Crippen molar-refractivity contribution >= 4 is 11.5 Å². The van der Waals surface area contributed by atoms with Crippen LogP contribution >= 0.6 is 0 Å². The molecule has 122 valence electrons. The van der Waals surface area contributed by atoms with Crippen LogP contribution in [0.3, 0.4) is 0 Å². The highest BCUT2D eigenvalue weighted by molar-refractivity contribution is 5.48. The lowest BCUT2D eigenvalue weighted by Crippen LogP contribution is -2.23. The number of hydrogen-bond acceptors (Lipinski definition) is 4. The maximum absolute atomic E-state index is 13.0. The Morgan fingerprint density at radius 3 is 2.83 bits per heavy atom. The van der Waals surface area contributed by atoms with Gasteiger partial charge in [0.2, 0.25) is 0 Å². The molecular weight excluding hydrogens is 291 g/mol.